The van der Waals surface area contributed by atoms with E-state index in [4.69, 9.17) is 10.5 Å². The number of anilines is 2. The average molecular weight is 340 g/mol. The SMILES string of the molecule is CCCCCOc1c(F)cc(F)cc1C=NNc1nc(N)cs1. The summed E-state index contributed by atoms with van der Waals surface area (Å²) >= 11 is 1.27. The minimum Gasteiger partial charge on any atom is -0.490 e. The Morgan fingerprint density at radius 3 is 2.91 bits per heavy atom. The number of aromatic nitrogens is 1. The van der Waals surface area contributed by atoms with Gasteiger partial charge in [0.2, 0.25) is 5.13 Å². The molecule has 0 aliphatic heterocycles. The van der Waals surface area contributed by atoms with Crippen molar-refractivity contribution in [1.82, 2.24) is 4.98 Å². The average Bonchev–Trinajstić information content (AvgIpc) is 2.91. The van der Waals surface area contributed by atoms with Gasteiger partial charge in [0, 0.05) is 17.0 Å². The number of ether oxygens (including phenoxy) is 1. The number of nitrogen functional groups attached to an aromatic ring is 1. The summed E-state index contributed by atoms with van der Waals surface area (Å²) in [5, 5.41) is 6.06. The Kier molecular flexibility index (Phi) is 6.28. The number of nitrogens with two attached hydrogens (primary N) is 1. The Balaban J connectivity index is 2.08. The third-order valence-corrected chi connectivity index (χ3v) is 3.68. The lowest BCUT2D eigenvalue weighted by atomic mass is 10.2. The van der Waals surface area contributed by atoms with E-state index >= 15 is 0 Å². The first kappa shape index (κ1) is 17.1. The number of unbranched alkanes of at least 4 members (excludes halogenated alkanes) is 2. The Hall–Kier alpha value is -2.22. The van der Waals surface area contributed by atoms with Crippen molar-refractivity contribution in [3.05, 3.63) is 34.7 Å². The van der Waals surface area contributed by atoms with Gasteiger partial charge in [-0.25, -0.2) is 13.8 Å². The number of thiazole rings is 1. The van der Waals surface area contributed by atoms with Crippen LogP contribution in [0.15, 0.2) is 22.6 Å². The zero-order chi connectivity index (χ0) is 16.7. The number of nitrogens with one attached hydrogen (secondary N) is 1. The molecular weight excluding hydrogens is 322 g/mol. The molecule has 0 amide bonds. The molecule has 8 heteroatoms. The van der Waals surface area contributed by atoms with Gasteiger partial charge in [0.05, 0.1) is 12.8 Å². The predicted octanol–water partition coefficient (Wildman–Crippen LogP) is 4.02. The van der Waals surface area contributed by atoms with Gasteiger partial charge in [-0.05, 0) is 12.5 Å². The van der Waals surface area contributed by atoms with Gasteiger partial charge in [-0.3, -0.25) is 5.43 Å². The van der Waals surface area contributed by atoms with Gasteiger partial charge < -0.3 is 10.5 Å². The first-order valence-electron chi connectivity index (χ1n) is 7.22. The molecule has 0 saturated carbocycles. The first-order valence-corrected chi connectivity index (χ1v) is 8.10. The lowest BCUT2D eigenvalue weighted by Crippen LogP contribution is -2.04. The van der Waals surface area contributed by atoms with E-state index in [1.54, 1.807) is 5.38 Å². The fourth-order valence-corrected chi connectivity index (χ4v) is 2.40. The number of hydrazone groups is 1. The summed E-state index contributed by atoms with van der Waals surface area (Å²) in [6, 6.07) is 1.96. The molecular formula is C15H18F2N4OS. The molecule has 1 aromatic carbocycles. The van der Waals surface area contributed by atoms with E-state index in [-0.39, 0.29) is 11.3 Å². The largest absolute Gasteiger partial charge is 0.490 e. The van der Waals surface area contributed by atoms with Crippen molar-refractivity contribution in [3.63, 3.8) is 0 Å². The minimum atomic E-state index is -0.749. The van der Waals surface area contributed by atoms with Gasteiger partial charge in [0.15, 0.2) is 11.6 Å². The highest BCUT2D eigenvalue weighted by Crippen LogP contribution is 2.24. The molecule has 0 unspecified atom stereocenters. The zero-order valence-electron chi connectivity index (χ0n) is 12.7. The second-order valence-electron chi connectivity index (χ2n) is 4.81. The van der Waals surface area contributed by atoms with Crippen LogP contribution < -0.4 is 15.9 Å². The molecule has 0 aliphatic carbocycles. The van der Waals surface area contributed by atoms with Crippen molar-refractivity contribution in [2.24, 2.45) is 5.10 Å². The van der Waals surface area contributed by atoms with Gasteiger partial charge >= 0.3 is 0 Å². The fraction of sp³-hybridized carbons (Fsp3) is 0.333. The van der Waals surface area contributed by atoms with Gasteiger partial charge in [-0.15, -0.1) is 11.3 Å². The molecule has 124 valence electrons. The Bertz CT molecular complexity index is 675. The van der Waals surface area contributed by atoms with Crippen LogP contribution in [0.2, 0.25) is 0 Å². The molecule has 2 rings (SSSR count). The molecule has 2 aromatic rings. The van der Waals surface area contributed by atoms with Crippen LogP contribution in [0, 0.1) is 11.6 Å². The van der Waals surface area contributed by atoms with Crippen molar-refractivity contribution >= 4 is 28.5 Å². The van der Waals surface area contributed by atoms with Crippen molar-refractivity contribution in [2.45, 2.75) is 26.2 Å². The molecule has 3 N–H and O–H groups in total. The van der Waals surface area contributed by atoms with E-state index in [1.807, 2.05) is 0 Å². The molecule has 0 radical (unpaired) electrons. The Labute approximate surface area is 137 Å². The number of benzene rings is 1. The lowest BCUT2D eigenvalue weighted by molar-refractivity contribution is 0.290. The fourth-order valence-electron chi connectivity index (χ4n) is 1.85. The molecule has 0 spiro atoms. The maximum absolute atomic E-state index is 13.9. The third-order valence-electron chi connectivity index (χ3n) is 2.92. The number of rotatable bonds is 8. The van der Waals surface area contributed by atoms with Crippen molar-refractivity contribution < 1.29 is 13.5 Å². The maximum atomic E-state index is 13.9. The quantitative estimate of drug-likeness (QED) is 0.432. The number of nitrogens with zero attached hydrogens (tertiary/aromatic N) is 2. The molecule has 0 saturated heterocycles. The van der Waals surface area contributed by atoms with Crippen LogP contribution in [0.3, 0.4) is 0 Å². The van der Waals surface area contributed by atoms with E-state index in [0.717, 1.165) is 25.3 Å². The highest BCUT2D eigenvalue weighted by atomic mass is 32.1. The van der Waals surface area contributed by atoms with Crippen LogP contribution in [-0.4, -0.2) is 17.8 Å². The van der Waals surface area contributed by atoms with Gasteiger partial charge in [0.1, 0.15) is 11.6 Å². The normalized spacial score (nSPS) is 11.1. The van der Waals surface area contributed by atoms with Gasteiger partial charge in [0.25, 0.3) is 0 Å². The van der Waals surface area contributed by atoms with E-state index in [9.17, 15) is 8.78 Å². The van der Waals surface area contributed by atoms with Crippen molar-refractivity contribution in [2.75, 3.05) is 17.8 Å². The van der Waals surface area contributed by atoms with Crippen LogP contribution in [0.5, 0.6) is 5.75 Å². The number of hydrogen-bond acceptors (Lipinski definition) is 6. The van der Waals surface area contributed by atoms with Crippen molar-refractivity contribution in [1.29, 1.82) is 0 Å². The van der Waals surface area contributed by atoms with Crippen LogP contribution in [0.4, 0.5) is 19.7 Å². The molecule has 0 fully saturated rings. The third kappa shape index (κ3) is 5.17. The summed E-state index contributed by atoms with van der Waals surface area (Å²) in [7, 11) is 0. The van der Waals surface area contributed by atoms with Crippen LogP contribution in [0.25, 0.3) is 0 Å². The van der Waals surface area contributed by atoms with Gasteiger partial charge in [-0.1, -0.05) is 19.8 Å². The minimum absolute atomic E-state index is 0.00768. The monoisotopic (exact) mass is 340 g/mol. The molecule has 1 heterocycles. The summed E-state index contributed by atoms with van der Waals surface area (Å²) < 4.78 is 32.7. The smallest absolute Gasteiger partial charge is 0.205 e. The van der Waals surface area contributed by atoms with Gasteiger partial charge in [-0.2, -0.15) is 5.10 Å². The summed E-state index contributed by atoms with van der Waals surface area (Å²) in [6.45, 7) is 2.43. The number of hydrogen-bond donors (Lipinski definition) is 2. The van der Waals surface area contributed by atoms with E-state index in [2.05, 4.69) is 22.4 Å². The van der Waals surface area contributed by atoms with E-state index < -0.39 is 11.6 Å². The molecule has 1 aromatic heterocycles. The first-order chi connectivity index (χ1) is 11.1. The predicted molar refractivity (Wildman–Crippen MR) is 89.1 cm³/mol. The molecule has 0 aliphatic rings. The number of halogens is 2. The highest BCUT2D eigenvalue weighted by Gasteiger charge is 2.11. The second-order valence-corrected chi connectivity index (χ2v) is 5.67. The molecule has 0 bridgehead atoms. The summed E-state index contributed by atoms with van der Waals surface area (Å²) in [5.74, 6) is -1.07. The molecule has 0 atom stereocenters. The summed E-state index contributed by atoms with van der Waals surface area (Å²) in [5.41, 5.74) is 8.36. The van der Waals surface area contributed by atoms with E-state index in [1.165, 1.54) is 23.6 Å². The van der Waals surface area contributed by atoms with E-state index in [0.29, 0.717) is 17.6 Å². The molecule has 5 nitrogen and oxygen atoms in total. The Morgan fingerprint density at radius 2 is 2.22 bits per heavy atom. The summed E-state index contributed by atoms with van der Waals surface area (Å²) in [4.78, 5) is 3.96. The standard InChI is InChI=1S/C15H18F2N4OS/c1-2-3-4-5-22-14-10(6-11(16)7-12(14)17)8-19-21-15-20-13(18)9-23-15/h6-9H,2-5,18H2,1H3,(H,20,21). The Morgan fingerprint density at radius 1 is 1.39 bits per heavy atom. The van der Waals surface area contributed by atoms with Crippen molar-refractivity contribution in [3.8, 4) is 5.75 Å². The second kappa shape index (κ2) is 8.42. The lowest BCUT2D eigenvalue weighted by Gasteiger charge is -2.10. The molecule has 23 heavy (non-hydrogen) atoms. The summed E-state index contributed by atoms with van der Waals surface area (Å²) in [6.07, 6.45) is 4.11. The highest BCUT2D eigenvalue weighted by molar-refractivity contribution is 7.14. The van der Waals surface area contributed by atoms with Crippen LogP contribution in [-0.2, 0) is 0 Å². The zero-order valence-corrected chi connectivity index (χ0v) is 13.5. The maximum Gasteiger partial charge on any atom is 0.205 e. The topological polar surface area (TPSA) is 72.5 Å². The van der Waals surface area contributed by atoms with Crippen LogP contribution in [0.1, 0.15) is 31.7 Å². The van der Waals surface area contributed by atoms with Crippen LogP contribution >= 0.6 is 11.3 Å².